The zero-order chi connectivity index (χ0) is 13.1. The van der Waals surface area contributed by atoms with Gasteiger partial charge in [0, 0.05) is 18.3 Å². The summed E-state index contributed by atoms with van der Waals surface area (Å²) in [5.41, 5.74) is 10.1. The second-order valence-electron chi connectivity index (χ2n) is 4.49. The van der Waals surface area contributed by atoms with Gasteiger partial charge < -0.3 is 10.5 Å². The van der Waals surface area contributed by atoms with Gasteiger partial charge in [-0.15, -0.1) is 0 Å². The highest BCUT2D eigenvalue weighted by atomic mass is 16.5. The van der Waals surface area contributed by atoms with E-state index >= 15 is 0 Å². The van der Waals surface area contributed by atoms with Gasteiger partial charge in [-0.1, -0.05) is 17.7 Å². The Bertz CT molecular complexity index is 564. The molecule has 2 rings (SSSR count). The fraction of sp³-hybridized carbons (Fsp3) is 0.267. The van der Waals surface area contributed by atoms with Gasteiger partial charge in [-0.05, 0) is 44.0 Å². The first-order valence-electron chi connectivity index (χ1n) is 6.01. The molecule has 0 saturated heterocycles. The summed E-state index contributed by atoms with van der Waals surface area (Å²) in [7, 11) is 0. The second-order valence-corrected chi connectivity index (χ2v) is 4.49. The molecule has 0 aliphatic carbocycles. The van der Waals surface area contributed by atoms with E-state index in [4.69, 9.17) is 10.5 Å². The normalized spacial score (nSPS) is 10.4. The van der Waals surface area contributed by atoms with Crippen molar-refractivity contribution >= 4 is 0 Å². The Labute approximate surface area is 108 Å². The van der Waals surface area contributed by atoms with Crippen molar-refractivity contribution in [1.29, 1.82) is 0 Å². The molecule has 1 heterocycles. The SMILES string of the molecule is Cc1ccc(Oc2nccc(C)c2CN)c(C)c1. The molecule has 0 spiro atoms. The van der Waals surface area contributed by atoms with Crippen LogP contribution < -0.4 is 10.5 Å². The first kappa shape index (κ1) is 12.6. The summed E-state index contributed by atoms with van der Waals surface area (Å²) < 4.78 is 5.88. The van der Waals surface area contributed by atoms with Crippen LogP contribution in [0.1, 0.15) is 22.3 Å². The molecule has 3 nitrogen and oxygen atoms in total. The van der Waals surface area contributed by atoms with Crippen molar-refractivity contribution in [2.45, 2.75) is 27.3 Å². The number of nitrogens with two attached hydrogens (primary N) is 1. The van der Waals surface area contributed by atoms with Gasteiger partial charge in [0.05, 0.1) is 0 Å². The first-order valence-corrected chi connectivity index (χ1v) is 6.01. The molecular weight excluding hydrogens is 224 g/mol. The second kappa shape index (κ2) is 5.19. The molecule has 1 aromatic carbocycles. The Hall–Kier alpha value is -1.87. The molecule has 0 unspecified atom stereocenters. The molecule has 0 amide bonds. The van der Waals surface area contributed by atoms with E-state index in [0.717, 1.165) is 22.4 Å². The number of rotatable bonds is 3. The minimum Gasteiger partial charge on any atom is -0.438 e. The third-order valence-corrected chi connectivity index (χ3v) is 2.99. The highest BCUT2D eigenvalue weighted by molar-refractivity contribution is 5.41. The number of nitrogens with zero attached hydrogens (tertiary/aromatic N) is 1. The van der Waals surface area contributed by atoms with Gasteiger partial charge in [0.15, 0.2) is 0 Å². The van der Waals surface area contributed by atoms with Gasteiger partial charge >= 0.3 is 0 Å². The van der Waals surface area contributed by atoms with Gasteiger partial charge in [0.2, 0.25) is 5.88 Å². The number of benzene rings is 1. The fourth-order valence-corrected chi connectivity index (χ4v) is 1.92. The van der Waals surface area contributed by atoms with Crippen LogP contribution in [-0.2, 0) is 6.54 Å². The van der Waals surface area contributed by atoms with Crippen LogP contribution in [-0.4, -0.2) is 4.98 Å². The van der Waals surface area contributed by atoms with E-state index in [2.05, 4.69) is 18.0 Å². The molecule has 2 N–H and O–H groups in total. The molecule has 0 bridgehead atoms. The van der Waals surface area contributed by atoms with Crippen molar-refractivity contribution < 1.29 is 4.74 Å². The monoisotopic (exact) mass is 242 g/mol. The van der Waals surface area contributed by atoms with E-state index in [9.17, 15) is 0 Å². The van der Waals surface area contributed by atoms with Crippen molar-refractivity contribution in [3.63, 3.8) is 0 Å². The standard InChI is InChI=1S/C15H18N2O/c1-10-4-5-14(12(3)8-10)18-15-13(9-16)11(2)6-7-17-15/h4-8H,9,16H2,1-3H3. The van der Waals surface area contributed by atoms with Crippen LogP contribution in [0.4, 0.5) is 0 Å². The summed E-state index contributed by atoms with van der Waals surface area (Å²) >= 11 is 0. The summed E-state index contributed by atoms with van der Waals surface area (Å²) in [6.45, 7) is 6.53. The third kappa shape index (κ3) is 2.51. The van der Waals surface area contributed by atoms with Crippen LogP contribution in [0.2, 0.25) is 0 Å². The lowest BCUT2D eigenvalue weighted by atomic mass is 10.1. The summed E-state index contributed by atoms with van der Waals surface area (Å²) in [6.07, 6.45) is 1.74. The number of aryl methyl sites for hydroxylation is 3. The smallest absolute Gasteiger partial charge is 0.223 e. The number of hydrogen-bond acceptors (Lipinski definition) is 3. The Morgan fingerprint density at radius 3 is 2.56 bits per heavy atom. The maximum Gasteiger partial charge on any atom is 0.223 e. The maximum absolute atomic E-state index is 5.88. The van der Waals surface area contributed by atoms with Crippen molar-refractivity contribution in [2.24, 2.45) is 5.73 Å². The van der Waals surface area contributed by atoms with Crippen molar-refractivity contribution in [3.05, 3.63) is 52.7 Å². The minimum atomic E-state index is 0.430. The van der Waals surface area contributed by atoms with Crippen LogP contribution in [0.15, 0.2) is 30.5 Å². The number of pyridine rings is 1. The molecule has 0 atom stereocenters. The molecular formula is C15H18N2O. The van der Waals surface area contributed by atoms with Crippen LogP contribution in [0, 0.1) is 20.8 Å². The van der Waals surface area contributed by atoms with Gasteiger partial charge in [0.25, 0.3) is 0 Å². The van der Waals surface area contributed by atoms with Crippen LogP contribution >= 0.6 is 0 Å². The van der Waals surface area contributed by atoms with Crippen LogP contribution in [0.25, 0.3) is 0 Å². The topological polar surface area (TPSA) is 48.1 Å². The largest absolute Gasteiger partial charge is 0.438 e. The number of hydrogen-bond donors (Lipinski definition) is 1. The van der Waals surface area contributed by atoms with Gasteiger partial charge in [-0.3, -0.25) is 0 Å². The molecule has 18 heavy (non-hydrogen) atoms. The quantitative estimate of drug-likeness (QED) is 0.898. The third-order valence-electron chi connectivity index (χ3n) is 2.99. The molecule has 3 heteroatoms. The molecule has 0 fully saturated rings. The summed E-state index contributed by atoms with van der Waals surface area (Å²) in [5.74, 6) is 1.43. The van der Waals surface area contributed by atoms with E-state index < -0.39 is 0 Å². The zero-order valence-corrected chi connectivity index (χ0v) is 11.0. The fourth-order valence-electron chi connectivity index (χ4n) is 1.92. The average Bonchev–Trinajstić information content (AvgIpc) is 2.33. The Kier molecular flexibility index (Phi) is 3.63. The van der Waals surface area contributed by atoms with E-state index in [1.54, 1.807) is 6.20 Å². The Morgan fingerprint density at radius 1 is 1.11 bits per heavy atom. The maximum atomic E-state index is 5.88. The molecule has 0 saturated carbocycles. The van der Waals surface area contributed by atoms with E-state index in [1.807, 2.05) is 32.0 Å². The van der Waals surface area contributed by atoms with Crippen molar-refractivity contribution in [1.82, 2.24) is 4.98 Å². The highest BCUT2D eigenvalue weighted by Crippen LogP contribution is 2.27. The summed E-state index contributed by atoms with van der Waals surface area (Å²) in [4.78, 5) is 4.27. The highest BCUT2D eigenvalue weighted by Gasteiger charge is 2.09. The molecule has 1 aromatic heterocycles. The van der Waals surface area contributed by atoms with E-state index in [-0.39, 0.29) is 0 Å². The molecule has 0 aliphatic rings. The van der Waals surface area contributed by atoms with Gasteiger partial charge in [-0.2, -0.15) is 0 Å². The first-order chi connectivity index (χ1) is 8.61. The van der Waals surface area contributed by atoms with Crippen molar-refractivity contribution in [2.75, 3.05) is 0 Å². The van der Waals surface area contributed by atoms with E-state index in [1.165, 1.54) is 5.56 Å². The minimum absolute atomic E-state index is 0.430. The molecule has 2 aromatic rings. The lowest BCUT2D eigenvalue weighted by Gasteiger charge is -2.12. The van der Waals surface area contributed by atoms with Gasteiger partial charge in [0.1, 0.15) is 5.75 Å². The Morgan fingerprint density at radius 2 is 1.89 bits per heavy atom. The molecule has 0 radical (unpaired) electrons. The summed E-state index contributed by atoms with van der Waals surface area (Å²) in [6, 6.07) is 8.03. The zero-order valence-electron chi connectivity index (χ0n) is 11.0. The number of aromatic nitrogens is 1. The lowest BCUT2D eigenvalue weighted by molar-refractivity contribution is 0.452. The van der Waals surface area contributed by atoms with E-state index in [0.29, 0.717) is 12.4 Å². The van der Waals surface area contributed by atoms with Crippen LogP contribution in [0.3, 0.4) is 0 Å². The predicted molar refractivity (Wildman–Crippen MR) is 72.9 cm³/mol. The summed E-state index contributed by atoms with van der Waals surface area (Å²) in [5, 5.41) is 0. The average molecular weight is 242 g/mol. The predicted octanol–water partition coefficient (Wildman–Crippen LogP) is 3.26. The van der Waals surface area contributed by atoms with Crippen molar-refractivity contribution in [3.8, 4) is 11.6 Å². The molecule has 0 aliphatic heterocycles. The van der Waals surface area contributed by atoms with Crippen LogP contribution in [0.5, 0.6) is 11.6 Å². The Balaban J connectivity index is 2.37. The lowest BCUT2D eigenvalue weighted by Crippen LogP contribution is -2.04. The number of ether oxygens (including phenoxy) is 1. The molecule has 94 valence electrons. The van der Waals surface area contributed by atoms with Gasteiger partial charge in [-0.25, -0.2) is 4.98 Å².